The fourth-order valence-corrected chi connectivity index (χ4v) is 10.8. The zero-order valence-corrected chi connectivity index (χ0v) is 23.7. The number of carbonyl (C=O) groups excluding carboxylic acids is 1. The summed E-state index contributed by atoms with van der Waals surface area (Å²) in [5.74, 6) is 3.28. The summed E-state index contributed by atoms with van der Waals surface area (Å²) in [5, 5.41) is 35.2. The Labute approximate surface area is 224 Å². The van der Waals surface area contributed by atoms with Crippen LogP contribution in [0.5, 0.6) is 0 Å². The molecule has 1 amide bonds. The van der Waals surface area contributed by atoms with Gasteiger partial charge in [-0.05, 0) is 123 Å². The fraction of sp³-hybridized carbons (Fsp3) is 0.968. The number of ether oxygens (including phenoxy) is 1. The molecule has 5 fully saturated rings. The summed E-state index contributed by atoms with van der Waals surface area (Å²) in [6.45, 7) is 9.99. The molecule has 5 rings (SSSR count). The van der Waals surface area contributed by atoms with Gasteiger partial charge >= 0.3 is 6.09 Å². The number of rotatable bonds is 6. The van der Waals surface area contributed by atoms with Gasteiger partial charge < -0.3 is 25.4 Å². The number of alkyl carbamates (subject to hydrolysis) is 1. The SMILES string of the molecule is CC[C@H]1[C@@H](O)C2[C@@H]3CC[C@H]([C@H](C)CCOC(=O)N[C@@H]4CCC[C@@H]4O)C3(C)CC[C@@H]2C2(C)CC[C@@H](O)C[C@@H]12. The summed E-state index contributed by atoms with van der Waals surface area (Å²) in [6.07, 6.45) is 10.8. The molecule has 0 saturated heterocycles. The van der Waals surface area contributed by atoms with Crippen molar-refractivity contribution in [3.63, 3.8) is 0 Å². The second-order valence-corrected chi connectivity index (χ2v) is 14.3. The van der Waals surface area contributed by atoms with Crippen molar-refractivity contribution in [2.75, 3.05) is 6.61 Å². The Morgan fingerprint density at radius 3 is 2.41 bits per heavy atom. The zero-order valence-electron chi connectivity index (χ0n) is 23.7. The van der Waals surface area contributed by atoms with Crippen molar-refractivity contribution in [2.24, 2.45) is 52.3 Å². The minimum atomic E-state index is -0.448. The molecule has 0 aromatic rings. The lowest BCUT2D eigenvalue weighted by Crippen LogP contribution is -2.62. The standard InChI is InChI=1S/C31H53NO5/c1-5-20-24-17-19(33)11-14-31(24,4)23-12-15-30(3)21(9-10-22(30)27(23)28(20)35)18(2)13-16-37-29(36)32-25-7-6-8-26(25)34/h18-28,33-35H,5-17H2,1-4H3,(H,32,36)/t18-,19-,20-,21-,22+,23+,24+,25-,26+,27?,28-,30?,31?/m1/s1. The van der Waals surface area contributed by atoms with Gasteiger partial charge in [0.1, 0.15) is 0 Å². The van der Waals surface area contributed by atoms with E-state index in [-0.39, 0.29) is 29.1 Å². The smallest absolute Gasteiger partial charge is 0.407 e. The third-order valence-electron chi connectivity index (χ3n) is 12.7. The van der Waals surface area contributed by atoms with Crippen LogP contribution in [-0.4, -0.2) is 52.4 Å². The summed E-state index contributed by atoms with van der Waals surface area (Å²) in [5.41, 5.74) is 0.469. The number of nitrogens with one attached hydrogen (secondary N) is 1. The number of aliphatic hydroxyl groups excluding tert-OH is 3. The van der Waals surface area contributed by atoms with E-state index in [1.54, 1.807) is 0 Å². The largest absolute Gasteiger partial charge is 0.450 e. The van der Waals surface area contributed by atoms with Crippen molar-refractivity contribution < 1.29 is 24.9 Å². The average molecular weight is 520 g/mol. The second kappa shape index (κ2) is 10.6. The van der Waals surface area contributed by atoms with E-state index in [2.05, 4.69) is 33.0 Å². The number of hydrogen-bond donors (Lipinski definition) is 4. The van der Waals surface area contributed by atoms with Gasteiger partial charge in [0, 0.05) is 0 Å². The van der Waals surface area contributed by atoms with Crippen molar-refractivity contribution in [1.82, 2.24) is 5.32 Å². The number of hydrogen-bond acceptors (Lipinski definition) is 5. The van der Waals surface area contributed by atoms with Crippen LogP contribution in [0.3, 0.4) is 0 Å². The summed E-state index contributed by atoms with van der Waals surface area (Å²) >= 11 is 0. The van der Waals surface area contributed by atoms with Crippen LogP contribution in [0.15, 0.2) is 0 Å². The Morgan fingerprint density at radius 2 is 1.70 bits per heavy atom. The predicted molar refractivity (Wildman–Crippen MR) is 144 cm³/mol. The van der Waals surface area contributed by atoms with Gasteiger partial charge in [0.25, 0.3) is 0 Å². The van der Waals surface area contributed by atoms with Crippen molar-refractivity contribution in [2.45, 2.75) is 129 Å². The minimum absolute atomic E-state index is 0.169. The van der Waals surface area contributed by atoms with Crippen molar-refractivity contribution >= 4 is 6.09 Å². The normalized spacial score (nSPS) is 50.0. The van der Waals surface area contributed by atoms with Gasteiger partial charge in [-0.3, -0.25) is 0 Å². The van der Waals surface area contributed by atoms with Crippen LogP contribution in [0.25, 0.3) is 0 Å². The van der Waals surface area contributed by atoms with Gasteiger partial charge in [0.05, 0.1) is 31.0 Å². The molecule has 3 unspecified atom stereocenters. The van der Waals surface area contributed by atoms with Gasteiger partial charge in [-0.2, -0.15) is 0 Å². The van der Waals surface area contributed by atoms with Gasteiger partial charge in [-0.15, -0.1) is 0 Å². The lowest BCUT2D eigenvalue weighted by atomic mass is 9.41. The minimum Gasteiger partial charge on any atom is -0.450 e. The van der Waals surface area contributed by atoms with E-state index in [1.807, 2.05) is 0 Å². The topological polar surface area (TPSA) is 99.0 Å². The number of carbonyl (C=O) groups is 1. The first-order valence-electron chi connectivity index (χ1n) is 15.6. The van der Waals surface area contributed by atoms with E-state index in [0.29, 0.717) is 48.0 Å². The first-order valence-corrected chi connectivity index (χ1v) is 15.6. The second-order valence-electron chi connectivity index (χ2n) is 14.3. The summed E-state index contributed by atoms with van der Waals surface area (Å²) in [4.78, 5) is 12.3. The van der Waals surface area contributed by atoms with Crippen LogP contribution >= 0.6 is 0 Å². The first kappa shape index (κ1) is 27.7. The Hall–Kier alpha value is -0.850. The molecular weight excluding hydrogens is 466 g/mol. The van der Waals surface area contributed by atoms with E-state index in [1.165, 1.54) is 25.7 Å². The van der Waals surface area contributed by atoms with E-state index < -0.39 is 12.2 Å². The molecule has 5 saturated carbocycles. The molecule has 212 valence electrons. The molecule has 0 radical (unpaired) electrons. The number of fused-ring (bicyclic) bond motifs is 5. The highest BCUT2D eigenvalue weighted by atomic mass is 16.5. The van der Waals surface area contributed by atoms with Crippen LogP contribution < -0.4 is 5.32 Å². The van der Waals surface area contributed by atoms with Crippen LogP contribution in [0, 0.1) is 52.3 Å². The third-order valence-corrected chi connectivity index (χ3v) is 12.7. The summed E-state index contributed by atoms with van der Waals surface area (Å²) < 4.78 is 5.54. The molecule has 0 aromatic heterocycles. The highest BCUT2D eigenvalue weighted by Crippen LogP contribution is 2.69. The molecule has 5 aliphatic rings. The maximum absolute atomic E-state index is 12.3. The van der Waals surface area contributed by atoms with E-state index in [0.717, 1.165) is 51.4 Å². The third kappa shape index (κ3) is 4.75. The maximum Gasteiger partial charge on any atom is 0.407 e. The summed E-state index contributed by atoms with van der Waals surface area (Å²) in [7, 11) is 0. The average Bonchev–Trinajstić information content (AvgIpc) is 3.42. The molecule has 0 heterocycles. The van der Waals surface area contributed by atoms with Crippen molar-refractivity contribution in [3.8, 4) is 0 Å². The molecule has 0 bridgehead atoms. The highest BCUT2D eigenvalue weighted by molar-refractivity contribution is 5.67. The molecule has 37 heavy (non-hydrogen) atoms. The number of aliphatic hydroxyl groups is 3. The van der Waals surface area contributed by atoms with Gasteiger partial charge in [-0.25, -0.2) is 4.79 Å². The van der Waals surface area contributed by atoms with Crippen LogP contribution in [0.4, 0.5) is 4.79 Å². The molecule has 6 nitrogen and oxygen atoms in total. The lowest BCUT2D eigenvalue weighted by Gasteiger charge is -2.64. The quantitative estimate of drug-likeness (QED) is 0.383. The summed E-state index contributed by atoms with van der Waals surface area (Å²) in [6, 6.07) is -0.169. The predicted octanol–water partition coefficient (Wildman–Crippen LogP) is 5.28. The Bertz CT molecular complexity index is 821. The number of amides is 1. The lowest BCUT2D eigenvalue weighted by molar-refractivity contribution is -0.203. The molecule has 0 spiro atoms. The van der Waals surface area contributed by atoms with E-state index in [4.69, 9.17) is 4.74 Å². The maximum atomic E-state index is 12.3. The van der Waals surface area contributed by atoms with Gasteiger partial charge in [0.15, 0.2) is 0 Å². The van der Waals surface area contributed by atoms with Crippen LogP contribution in [0.1, 0.15) is 105 Å². The fourth-order valence-electron chi connectivity index (χ4n) is 10.8. The molecular formula is C31H53NO5. The Kier molecular flexibility index (Phi) is 7.95. The molecule has 6 heteroatoms. The van der Waals surface area contributed by atoms with Crippen molar-refractivity contribution in [3.05, 3.63) is 0 Å². The van der Waals surface area contributed by atoms with Crippen LogP contribution in [-0.2, 0) is 4.74 Å². The van der Waals surface area contributed by atoms with E-state index in [9.17, 15) is 20.1 Å². The van der Waals surface area contributed by atoms with Gasteiger partial charge in [-0.1, -0.05) is 34.1 Å². The van der Waals surface area contributed by atoms with Gasteiger partial charge in [0.2, 0.25) is 0 Å². The molecule has 5 aliphatic carbocycles. The molecule has 4 N–H and O–H groups in total. The van der Waals surface area contributed by atoms with E-state index >= 15 is 0 Å². The molecule has 13 atom stereocenters. The molecule has 0 aliphatic heterocycles. The van der Waals surface area contributed by atoms with Crippen molar-refractivity contribution in [1.29, 1.82) is 0 Å². The van der Waals surface area contributed by atoms with Crippen LogP contribution in [0.2, 0.25) is 0 Å². The first-order chi connectivity index (χ1) is 17.6. The Balaban J connectivity index is 1.23. The highest BCUT2D eigenvalue weighted by Gasteiger charge is 2.64. The Morgan fingerprint density at radius 1 is 0.973 bits per heavy atom. The zero-order chi connectivity index (χ0) is 26.5. The monoisotopic (exact) mass is 519 g/mol. The molecule has 0 aromatic carbocycles.